The smallest absolute Gasteiger partial charge is 0.254 e. The number of benzene rings is 2. The molecule has 2 aliphatic rings. The molecule has 2 aromatic carbocycles. The van der Waals surface area contributed by atoms with Crippen molar-refractivity contribution >= 4 is 35.8 Å². The van der Waals surface area contributed by atoms with Gasteiger partial charge >= 0.3 is 0 Å². The van der Waals surface area contributed by atoms with Gasteiger partial charge in [-0.25, -0.2) is 13.5 Å². The van der Waals surface area contributed by atoms with Crippen molar-refractivity contribution in [3.63, 3.8) is 0 Å². The van der Waals surface area contributed by atoms with E-state index in [1.807, 2.05) is 24.1 Å². The summed E-state index contributed by atoms with van der Waals surface area (Å²) in [6.45, 7) is 10.6. The summed E-state index contributed by atoms with van der Waals surface area (Å²) in [7, 11) is 0. The van der Waals surface area contributed by atoms with E-state index in [4.69, 9.17) is 9.97 Å². The van der Waals surface area contributed by atoms with E-state index in [1.54, 1.807) is 4.68 Å². The molecule has 0 atom stereocenters. The van der Waals surface area contributed by atoms with E-state index in [0.29, 0.717) is 18.2 Å². The van der Waals surface area contributed by atoms with Crippen LogP contribution in [0.25, 0.3) is 12.0 Å². The van der Waals surface area contributed by atoms with Crippen LogP contribution in [0.4, 0.5) is 26.1 Å². The first-order valence-corrected chi connectivity index (χ1v) is 14.5. The van der Waals surface area contributed by atoms with Crippen LogP contribution in [0.2, 0.25) is 0 Å². The van der Waals surface area contributed by atoms with Gasteiger partial charge in [0.25, 0.3) is 5.95 Å². The molecule has 2 aliphatic heterocycles. The minimum atomic E-state index is -0.543. The quantitative estimate of drug-likeness (QED) is 0.265. The van der Waals surface area contributed by atoms with Gasteiger partial charge in [0.05, 0.1) is 11.9 Å². The molecular formula is C32H37ClF2N8. The molecular weight excluding hydrogens is 570 g/mol. The zero-order valence-electron chi connectivity index (χ0n) is 24.5. The van der Waals surface area contributed by atoms with Crippen LogP contribution < -0.4 is 15.1 Å². The maximum absolute atomic E-state index is 13.6. The third-order valence-electron chi connectivity index (χ3n) is 7.96. The fourth-order valence-electron chi connectivity index (χ4n) is 5.24. The van der Waals surface area contributed by atoms with E-state index < -0.39 is 11.6 Å². The summed E-state index contributed by atoms with van der Waals surface area (Å²) in [6.07, 6.45) is 7.24. The maximum Gasteiger partial charge on any atom is 0.254 e. The van der Waals surface area contributed by atoms with Crippen LogP contribution in [0.15, 0.2) is 60.8 Å². The van der Waals surface area contributed by atoms with E-state index in [1.165, 1.54) is 29.7 Å². The number of hydrogen-bond acceptors (Lipinski definition) is 7. The molecule has 0 amide bonds. The Labute approximate surface area is 257 Å². The first-order valence-electron chi connectivity index (χ1n) is 14.5. The molecule has 0 bridgehead atoms. The van der Waals surface area contributed by atoms with E-state index in [2.05, 4.69) is 63.6 Å². The Hall–Kier alpha value is -4.02. The van der Waals surface area contributed by atoms with Crippen LogP contribution in [-0.4, -0.2) is 70.5 Å². The summed E-state index contributed by atoms with van der Waals surface area (Å²) in [5, 5.41) is 8.11. The van der Waals surface area contributed by atoms with Gasteiger partial charge in [-0.15, -0.1) is 12.4 Å². The van der Waals surface area contributed by atoms with Gasteiger partial charge in [0.1, 0.15) is 23.3 Å². The second-order valence-electron chi connectivity index (χ2n) is 11.0. The number of anilines is 3. The highest BCUT2D eigenvalue weighted by Crippen LogP contribution is 2.24. The average Bonchev–Trinajstić information content (AvgIpc) is 3.31. The summed E-state index contributed by atoms with van der Waals surface area (Å²) in [6, 6.07) is 14.2. The Morgan fingerprint density at radius 3 is 2.26 bits per heavy atom. The van der Waals surface area contributed by atoms with Gasteiger partial charge in [0, 0.05) is 75.7 Å². The number of aryl methyl sites for hydroxylation is 1. The molecule has 0 saturated carbocycles. The van der Waals surface area contributed by atoms with E-state index in [0.717, 1.165) is 74.8 Å². The molecule has 8 nitrogen and oxygen atoms in total. The first kappa shape index (κ1) is 30.4. The van der Waals surface area contributed by atoms with Gasteiger partial charge < -0.3 is 15.1 Å². The van der Waals surface area contributed by atoms with Crippen molar-refractivity contribution in [2.75, 3.05) is 60.9 Å². The largest absolute Gasteiger partial charge is 0.369 e. The molecule has 4 heterocycles. The Kier molecular flexibility index (Phi) is 9.57. The van der Waals surface area contributed by atoms with Crippen molar-refractivity contribution in [3.05, 3.63) is 94.8 Å². The molecule has 2 fully saturated rings. The molecule has 2 aromatic heterocycles. The monoisotopic (exact) mass is 606 g/mol. The van der Waals surface area contributed by atoms with Gasteiger partial charge in [-0.2, -0.15) is 15.1 Å². The van der Waals surface area contributed by atoms with E-state index >= 15 is 0 Å². The number of nitrogens with one attached hydrogen (secondary N) is 1. The Morgan fingerprint density at radius 2 is 1.58 bits per heavy atom. The van der Waals surface area contributed by atoms with Gasteiger partial charge in [0.15, 0.2) is 0 Å². The Balaban J connectivity index is 0.00000368. The number of nitrogens with zero attached hydrogens (tertiary/aromatic N) is 7. The van der Waals surface area contributed by atoms with E-state index in [9.17, 15) is 8.78 Å². The topological polar surface area (TPSA) is 65.4 Å². The zero-order valence-corrected chi connectivity index (χ0v) is 25.3. The fraction of sp³-hybridized carbons (Fsp3) is 0.344. The fourth-order valence-corrected chi connectivity index (χ4v) is 5.24. The molecule has 0 aliphatic carbocycles. The predicted octanol–water partition coefficient (Wildman–Crippen LogP) is 5.64. The highest BCUT2D eigenvalue weighted by molar-refractivity contribution is 5.85. The third-order valence-corrected chi connectivity index (χ3v) is 7.96. The number of rotatable bonds is 9. The third kappa shape index (κ3) is 7.32. The van der Waals surface area contributed by atoms with Crippen LogP contribution in [0.1, 0.15) is 28.8 Å². The molecule has 0 spiro atoms. The predicted molar refractivity (Wildman–Crippen MR) is 171 cm³/mol. The summed E-state index contributed by atoms with van der Waals surface area (Å²) >= 11 is 0. The summed E-state index contributed by atoms with van der Waals surface area (Å²) in [5.74, 6) is 1.14. The number of aromatic nitrogens is 4. The second kappa shape index (κ2) is 13.5. The van der Waals surface area contributed by atoms with Crippen LogP contribution in [0, 0.1) is 25.5 Å². The minimum Gasteiger partial charge on any atom is -0.369 e. The minimum absolute atomic E-state index is 0. The first-order chi connectivity index (χ1) is 20.4. The lowest BCUT2D eigenvalue weighted by Crippen LogP contribution is -2.46. The number of halogens is 3. The van der Waals surface area contributed by atoms with Crippen molar-refractivity contribution in [2.45, 2.75) is 26.8 Å². The molecule has 6 rings (SSSR count). The normalized spacial score (nSPS) is 15.4. The van der Waals surface area contributed by atoms with Gasteiger partial charge in [-0.05, 0) is 38.0 Å². The second-order valence-corrected chi connectivity index (χ2v) is 11.0. The van der Waals surface area contributed by atoms with Crippen LogP contribution in [0.3, 0.4) is 0 Å². The summed E-state index contributed by atoms with van der Waals surface area (Å²) in [4.78, 5) is 16.3. The lowest BCUT2D eigenvalue weighted by molar-refractivity contribution is 0.284. The molecule has 226 valence electrons. The highest BCUT2D eigenvalue weighted by Gasteiger charge is 2.20. The lowest BCUT2D eigenvalue weighted by atomic mass is 10.1. The molecule has 0 unspecified atom stereocenters. The summed E-state index contributed by atoms with van der Waals surface area (Å²) in [5.41, 5.74) is 5.01. The lowest BCUT2D eigenvalue weighted by Gasteiger charge is -2.35. The molecule has 43 heavy (non-hydrogen) atoms. The summed E-state index contributed by atoms with van der Waals surface area (Å²) < 4.78 is 29.1. The Bertz CT molecular complexity index is 1540. The van der Waals surface area contributed by atoms with Crippen LogP contribution >= 0.6 is 12.4 Å². The van der Waals surface area contributed by atoms with Crippen molar-refractivity contribution in [1.29, 1.82) is 0 Å². The van der Waals surface area contributed by atoms with Crippen LogP contribution in [-0.2, 0) is 6.54 Å². The number of piperazine rings is 1. The van der Waals surface area contributed by atoms with Crippen molar-refractivity contribution in [2.24, 2.45) is 0 Å². The van der Waals surface area contributed by atoms with Crippen molar-refractivity contribution < 1.29 is 8.78 Å². The van der Waals surface area contributed by atoms with Gasteiger partial charge in [-0.1, -0.05) is 42.0 Å². The standard InChI is InChI=1S/C32H36F2N8.ClH/c1-23-6-8-25(9-7-23)21-35-30-20-31(41-11-4-12-41)38-32(37-30)42-24(2)26(22-36-42)5-3-10-39-13-15-40(16-14-39)29-18-27(33)17-28(34)19-29;/h3,5-9,17-20,22H,4,10-16,21H2,1-2H3,(H,35,37,38);1H/b5-3+;. The van der Waals surface area contributed by atoms with Crippen molar-refractivity contribution in [1.82, 2.24) is 24.6 Å². The Morgan fingerprint density at radius 1 is 0.860 bits per heavy atom. The zero-order chi connectivity index (χ0) is 29.1. The van der Waals surface area contributed by atoms with Crippen LogP contribution in [0.5, 0.6) is 0 Å². The molecule has 11 heteroatoms. The van der Waals surface area contributed by atoms with Crippen molar-refractivity contribution in [3.8, 4) is 5.95 Å². The van der Waals surface area contributed by atoms with Gasteiger partial charge in [-0.3, -0.25) is 4.90 Å². The molecule has 2 saturated heterocycles. The van der Waals surface area contributed by atoms with Gasteiger partial charge in [0.2, 0.25) is 0 Å². The molecule has 4 aromatic rings. The molecule has 1 N–H and O–H groups in total. The molecule has 0 radical (unpaired) electrons. The average molecular weight is 607 g/mol. The van der Waals surface area contributed by atoms with E-state index in [-0.39, 0.29) is 12.4 Å². The SMILES string of the molecule is Cc1ccc(CNc2cc(N3CCC3)nc(-n3ncc(/C=C/CN4CCN(c5cc(F)cc(F)c5)CC4)c3C)n2)cc1.Cl. The number of hydrogen-bond donors (Lipinski definition) is 1. The maximum atomic E-state index is 13.6. The highest BCUT2D eigenvalue weighted by atomic mass is 35.5.